The average molecular weight is 283 g/mol. The maximum absolute atomic E-state index is 11.4. The maximum Gasteiger partial charge on any atom is 0.269 e. The fraction of sp³-hybridized carbons (Fsp3) is 0.0667. The van der Waals surface area contributed by atoms with Crippen molar-refractivity contribution in [1.29, 1.82) is 0 Å². The Morgan fingerprint density at radius 3 is 2.62 bits per heavy atom. The van der Waals surface area contributed by atoms with Gasteiger partial charge >= 0.3 is 0 Å². The molecule has 3 rings (SSSR count). The quantitative estimate of drug-likeness (QED) is 0.796. The molecule has 2 heterocycles. The molecule has 2 N–H and O–H groups in total. The number of primary amides is 1. The van der Waals surface area contributed by atoms with Crippen LogP contribution in [0.2, 0.25) is 0 Å². The number of aromatic nitrogens is 2. The molecule has 0 saturated heterocycles. The summed E-state index contributed by atoms with van der Waals surface area (Å²) in [6, 6.07) is 12.5. The van der Waals surface area contributed by atoms with Crippen LogP contribution < -0.4 is 10.5 Å². The van der Waals surface area contributed by atoms with Crippen LogP contribution in [0.3, 0.4) is 0 Å². The number of amides is 1. The van der Waals surface area contributed by atoms with Gasteiger partial charge in [0.1, 0.15) is 11.4 Å². The first-order valence-electron chi connectivity index (χ1n) is 6.27. The molecule has 1 amide bonds. The first-order valence-corrected chi connectivity index (χ1v) is 6.27. The van der Waals surface area contributed by atoms with Crippen LogP contribution in [-0.2, 0) is 0 Å². The minimum atomic E-state index is -0.588. The lowest BCUT2D eigenvalue weighted by Gasteiger charge is -2.06. The third-order valence-electron chi connectivity index (χ3n) is 3.05. The Morgan fingerprint density at radius 2 is 2.05 bits per heavy atom. The average Bonchev–Trinajstić information content (AvgIpc) is 3.16. The molecule has 3 aromatic rings. The van der Waals surface area contributed by atoms with Gasteiger partial charge in [-0.25, -0.2) is 4.68 Å². The van der Waals surface area contributed by atoms with Crippen molar-refractivity contribution < 1.29 is 13.9 Å². The van der Waals surface area contributed by atoms with Crippen LogP contribution in [0.5, 0.6) is 5.75 Å². The lowest BCUT2D eigenvalue weighted by Crippen LogP contribution is -2.12. The summed E-state index contributed by atoms with van der Waals surface area (Å²) in [6.45, 7) is 0. The molecule has 0 aliphatic carbocycles. The number of hydrogen-bond donors (Lipinski definition) is 1. The second-order valence-corrected chi connectivity index (χ2v) is 4.37. The van der Waals surface area contributed by atoms with Crippen LogP contribution in [0.1, 0.15) is 10.5 Å². The van der Waals surface area contributed by atoms with E-state index in [-0.39, 0.29) is 5.69 Å². The minimum Gasteiger partial charge on any atom is -0.497 e. The van der Waals surface area contributed by atoms with E-state index in [1.165, 1.54) is 0 Å². The van der Waals surface area contributed by atoms with Crippen molar-refractivity contribution >= 4 is 5.91 Å². The molecule has 0 aliphatic heterocycles. The highest BCUT2D eigenvalue weighted by Crippen LogP contribution is 2.25. The summed E-state index contributed by atoms with van der Waals surface area (Å²) < 4.78 is 12.1. The number of nitrogens with zero attached hydrogens (tertiary/aromatic N) is 2. The second-order valence-electron chi connectivity index (χ2n) is 4.37. The number of ether oxygens (including phenoxy) is 1. The molecule has 0 spiro atoms. The van der Waals surface area contributed by atoms with Crippen LogP contribution in [0.15, 0.2) is 53.1 Å². The van der Waals surface area contributed by atoms with Gasteiger partial charge in [0.2, 0.25) is 0 Å². The first-order chi connectivity index (χ1) is 10.2. The van der Waals surface area contributed by atoms with Gasteiger partial charge in [-0.2, -0.15) is 5.10 Å². The predicted octanol–water partition coefficient (Wildman–Crippen LogP) is 2.24. The van der Waals surface area contributed by atoms with Gasteiger partial charge in [0.05, 0.1) is 19.1 Å². The molecule has 6 heteroatoms. The molecular formula is C15H13N3O3. The Hall–Kier alpha value is -3.02. The molecule has 1 aromatic carbocycles. The first kappa shape index (κ1) is 13.0. The molecule has 0 fully saturated rings. The molecule has 0 radical (unpaired) electrons. The van der Waals surface area contributed by atoms with Crippen molar-refractivity contribution in [2.75, 3.05) is 7.11 Å². The molecule has 0 saturated carbocycles. The molecule has 106 valence electrons. The zero-order chi connectivity index (χ0) is 14.8. The van der Waals surface area contributed by atoms with Gasteiger partial charge in [0.15, 0.2) is 11.5 Å². The van der Waals surface area contributed by atoms with Crippen molar-refractivity contribution in [2.24, 2.45) is 5.73 Å². The number of furan rings is 1. The molecular weight excluding hydrogens is 270 g/mol. The summed E-state index contributed by atoms with van der Waals surface area (Å²) in [7, 11) is 1.60. The Labute approximate surface area is 120 Å². The van der Waals surface area contributed by atoms with E-state index in [4.69, 9.17) is 14.9 Å². The third-order valence-corrected chi connectivity index (χ3v) is 3.05. The Kier molecular flexibility index (Phi) is 3.19. The van der Waals surface area contributed by atoms with E-state index in [0.717, 1.165) is 11.4 Å². The topological polar surface area (TPSA) is 83.3 Å². The van der Waals surface area contributed by atoms with Gasteiger partial charge in [0.25, 0.3) is 5.91 Å². The van der Waals surface area contributed by atoms with Crippen LogP contribution >= 0.6 is 0 Å². The minimum absolute atomic E-state index is 0.178. The van der Waals surface area contributed by atoms with Crippen molar-refractivity contribution in [2.45, 2.75) is 0 Å². The monoisotopic (exact) mass is 283 g/mol. The van der Waals surface area contributed by atoms with Gasteiger partial charge in [-0.15, -0.1) is 0 Å². The van der Waals surface area contributed by atoms with E-state index in [9.17, 15) is 4.79 Å². The van der Waals surface area contributed by atoms with Gasteiger partial charge in [-0.1, -0.05) is 0 Å². The smallest absolute Gasteiger partial charge is 0.269 e. The van der Waals surface area contributed by atoms with Crippen molar-refractivity contribution in [1.82, 2.24) is 9.78 Å². The molecule has 0 aliphatic rings. The normalized spacial score (nSPS) is 10.5. The summed E-state index contributed by atoms with van der Waals surface area (Å²) in [5.74, 6) is 0.751. The highest BCUT2D eigenvalue weighted by atomic mass is 16.5. The summed E-state index contributed by atoms with van der Waals surface area (Å²) in [4.78, 5) is 11.4. The fourth-order valence-electron chi connectivity index (χ4n) is 2.02. The highest BCUT2D eigenvalue weighted by molar-refractivity contribution is 5.92. The molecule has 2 aromatic heterocycles. The van der Waals surface area contributed by atoms with Crippen LogP contribution in [-0.4, -0.2) is 22.8 Å². The van der Waals surface area contributed by atoms with Crippen molar-refractivity contribution in [3.05, 3.63) is 54.4 Å². The van der Waals surface area contributed by atoms with Gasteiger partial charge < -0.3 is 14.9 Å². The summed E-state index contributed by atoms with van der Waals surface area (Å²) in [5, 5.41) is 4.23. The van der Waals surface area contributed by atoms with Gasteiger partial charge in [0, 0.05) is 6.07 Å². The molecule has 0 atom stereocenters. The largest absolute Gasteiger partial charge is 0.497 e. The number of carbonyl (C=O) groups excluding carboxylic acids is 1. The lowest BCUT2D eigenvalue weighted by atomic mass is 10.2. The number of rotatable bonds is 4. The van der Waals surface area contributed by atoms with E-state index in [1.54, 1.807) is 36.3 Å². The molecule has 21 heavy (non-hydrogen) atoms. The fourth-order valence-corrected chi connectivity index (χ4v) is 2.02. The third kappa shape index (κ3) is 2.38. The molecule has 0 bridgehead atoms. The van der Waals surface area contributed by atoms with Crippen LogP contribution in [0.25, 0.3) is 17.1 Å². The van der Waals surface area contributed by atoms with E-state index in [2.05, 4.69) is 5.10 Å². The van der Waals surface area contributed by atoms with Gasteiger partial charge in [-0.3, -0.25) is 4.79 Å². The van der Waals surface area contributed by atoms with Gasteiger partial charge in [-0.05, 0) is 36.4 Å². The zero-order valence-electron chi connectivity index (χ0n) is 11.3. The zero-order valence-corrected chi connectivity index (χ0v) is 11.3. The van der Waals surface area contributed by atoms with Crippen molar-refractivity contribution in [3.63, 3.8) is 0 Å². The van der Waals surface area contributed by atoms with Crippen LogP contribution in [0, 0.1) is 0 Å². The maximum atomic E-state index is 11.4. The van der Waals surface area contributed by atoms with E-state index in [0.29, 0.717) is 11.5 Å². The standard InChI is InChI=1S/C15H13N3O3/c1-20-11-6-4-10(5-7-11)18-13(14-3-2-8-21-14)9-12(17-18)15(16)19/h2-9H,1H3,(H2,16,19). The SMILES string of the molecule is COc1ccc(-n2nc(C(N)=O)cc2-c2ccco2)cc1. The number of carbonyl (C=O) groups is 1. The van der Waals surface area contributed by atoms with E-state index >= 15 is 0 Å². The Morgan fingerprint density at radius 1 is 1.29 bits per heavy atom. The number of hydrogen-bond acceptors (Lipinski definition) is 4. The Balaban J connectivity index is 2.13. The lowest BCUT2D eigenvalue weighted by molar-refractivity contribution is 0.0995. The summed E-state index contributed by atoms with van der Waals surface area (Å²) >= 11 is 0. The molecule has 6 nitrogen and oxygen atoms in total. The van der Waals surface area contributed by atoms with E-state index < -0.39 is 5.91 Å². The number of nitrogens with two attached hydrogens (primary N) is 1. The number of benzene rings is 1. The molecule has 0 unspecified atom stereocenters. The predicted molar refractivity (Wildman–Crippen MR) is 76.3 cm³/mol. The Bertz CT molecular complexity index is 758. The second kappa shape index (κ2) is 5.16. The summed E-state index contributed by atoms with van der Waals surface area (Å²) in [6.07, 6.45) is 1.56. The number of methoxy groups -OCH3 is 1. The van der Waals surface area contributed by atoms with Crippen LogP contribution in [0.4, 0.5) is 0 Å². The van der Waals surface area contributed by atoms with E-state index in [1.807, 2.05) is 24.3 Å². The highest BCUT2D eigenvalue weighted by Gasteiger charge is 2.16. The summed E-state index contributed by atoms with van der Waals surface area (Å²) in [5.41, 5.74) is 6.91. The van der Waals surface area contributed by atoms with Crippen molar-refractivity contribution in [3.8, 4) is 22.9 Å².